The van der Waals surface area contributed by atoms with Crippen LogP contribution in [0.5, 0.6) is 0 Å². The first-order valence-corrected chi connectivity index (χ1v) is 7.34. The van der Waals surface area contributed by atoms with E-state index in [1.807, 2.05) is 6.20 Å². The molecule has 1 fully saturated rings. The lowest BCUT2D eigenvalue weighted by atomic mass is 10.1. The van der Waals surface area contributed by atoms with Gasteiger partial charge in [0.2, 0.25) is 0 Å². The lowest BCUT2D eigenvalue weighted by Crippen LogP contribution is -2.25. The summed E-state index contributed by atoms with van der Waals surface area (Å²) in [6.45, 7) is 3.06. The predicted molar refractivity (Wildman–Crippen MR) is 84.7 cm³/mol. The molecule has 0 saturated carbocycles. The Bertz CT molecular complexity index is 611. The molecule has 0 N–H and O–H groups in total. The van der Waals surface area contributed by atoms with Gasteiger partial charge in [0, 0.05) is 44.4 Å². The Kier molecular flexibility index (Phi) is 3.73. The van der Waals surface area contributed by atoms with Crippen LogP contribution in [0.4, 0.5) is 11.5 Å². The number of nitrogens with zero attached hydrogens (tertiary/aromatic N) is 5. The van der Waals surface area contributed by atoms with Crippen LogP contribution in [0.15, 0.2) is 30.7 Å². The first-order chi connectivity index (χ1) is 10.1. The van der Waals surface area contributed by atoms with E-state index >= 15 is 0 Å². The van der Waals surface area contributed by atoms with Crippen molar-refractivity contribution in [2.75, 3.05) is 30.4 Å². The summed E-state index contributed by atoms with van der Waals surface area (Å²) < 4.78 is 0. The summed E-state index contributed by atoms with van der Waals surface area (Å²) in [7, 11) is 4.13. The predicted octanol–water partition coefficient (Wildman–Crippen LogP) is 2.59. The van der Waals surface area contributed by atoms with Gasteiger partial charge in [-0.2, -0.15) is 0 Å². The van der Waals surface area contributed by atoms with Crippen molar-refractivity contribution in [2.45, 2.75) is 25.8 Å². The molecule has 2 aromatic rings. The maximum atomic E-state index is 4.76. The van der Waals surface area contributed by atoms with Crippen LogP contribution in [0.2, 0.25) is 0 Å². The van der Waals surface area contributed by atoms with E-state index in [1.54, 1.807) is 12.4 Å². The van der Waals surface area contributed by atoms with Crippen molar-refractivity contribution in [2.24, 2.45) is 0 Å². The van der Waals surface area contributed by atoms with Gasteiger partial charge >= 0.3 is 0 Å². The minimum Gasteiger partial charge on any atom is -0.378 e. The lowest BCUT2D eigenvalue weighted by molar-refractivity contribution is 0.683. The zero-order valence-corrected chi connectivity index (χ0v) is 12.8. The maximum Gasteiger partial charge on any atom is 0.147 e. The first-order valence-electron chi connectivity index (χ1n) is 7.34. The molecule has 21 heavy (non-hydrogen) atoms. The van der Waals surface area contributed by atoms with Crippen molar-refractivity contribution >= 4 is 11.5 Å². The highest BCUT2D eigenvalue weighted by Crippen LogP contribution is 2.35. The highest BCUT2D eigenvalue weighted by Gasteiger charge is 2.28. The summed E-state index contributed by atoms with van der Waals surface area (Å²) in [4.78, 5) is 17.8. The average molecular weight is 283 g/mol. The fourth-order valence-electron chi connectivity index (χ4n) is 2.89. The van der Waals surface area contributed by atoms with Gasteiger partial charge in [0.1, 0.15) is 5.82 Å². The van der Waals surface area contributed by atoms with Gasteiger partial charge in [0.25, 0.3) is 0 Å². The third-order valence-corrected chi connectivity index (χ3v) is 3.91. The summed E-state index contributed by atoms with van der Waals surface area (Å²) in [5.41, 5.74) is 3.38. The maximum absolute atomic E-state index is 4.76. The standard InChI is InChI=1S/C16H21N5/c1-12-9-13(20(2)3)10-14(19-12)15-5-4-8-21(15)16-11-17-6-7-18-16/h6-7,9-11,15H,4-5,8H2,1-3H3. The Labute approximate surface area is 125 Å². The summed E-state index contributed by atoms with van der Waals surface area (Å²) in [5.74, 6) is 0.940. The summed E-state index contributed by atoms with van der Waals surface area (Å²) in [6, 6.07) is 4.59. The Morgan fingerprint density at radius 1 is 1.24 bits per heavy atom. The molecule has 0 bridgehead atoms. The Morgan fingerprint density at radius 3 is 2.81 bits per heavy atom. The molecule has 110 valence electrons. The molecular weight excluding hydrogens is 262 g/mol. The van der Waals surface area contributed by atoms with Crippen LogP contribution in [0.3, 0.4) is 0 Å². The number of pyridine rings is 1. The Balaban J connectivity index is 1.95. The van der Waals surface area contributed by atoms with E-state index in [2.05, 4.69) is 52.9 Å². The average Bonchev–Trinajstić information content (AvgIpc) is 2.97. The first kappa shape index (κ1) is 13.8. The number of anilines is 2. The highest BCUT2D eigenvalue weighted by molar-refractivity contribution is 5.49. The van der Waals surface area contributed by atoms with Crippen LogP contribution in [0.25, 0.3) is 0 Å². The van der Waals surface area contributed by atoms with Crippen LogP contribution in [-0.2, 0) is 0 Å². The van der Waals surface area contributed by atoms with Gasteiger partial charge in [-0.25, -0.2) is 4.98 Å². The highest BCUT2D eigenvalue weighted by atomic mass is 15.2. The van der Waals surface area contributed by atoms with Gasteiger partial charge in [-0.1, -0.05) is 0 Å². The van der Waals surface area contributed by atoms with E-state index in [4.69, 9.17) is 4.98 Å². The molecule has 5 heteroatoms. The number of rotatable bonds is 3. The van der Waals surface area contributed by atoms with E-state index in [0.29, 0.717) is 6.04 Å². The molecule has 1 unspecified atom stereocenters. The molecule has 1 saturated heterocycles. The lowest BCUT2D eigenvalue weighted by Gasteiger charge is -2.26. The quantitative estimate of drug-likeness (QED) is 0.866. The van der Waals surface area contributed by atoms with Crippen LogP contribution in [0.1, 0.15) is 30.3 Å². The SMILES string of the molecule is Cc1cc(N(C)C)cc(C2CCCN2c2cnccn2)n1. The summed E-state index contributed by atoms with van der Waals surface area (Å²) in [5, 5.41) is 0. The molecule has 5 nitrogen and oxygen atoms in total. The topological polar surface area (TPSA) is 45.2 Å². The van der Waals surface area contributed by atoms with E-state index in [1.165, 1.54) is 5.69 Å². The molecule has 0 aromatic carbocycles. The molecule has 0 spiro atoms. The van der Waals surface area contributed by atoms with Gasteiger partial charge in [0.15, 0.2) is 0 Å². The van der Waals surface area contributed by atoms with Gasteiger partial charge in [-0.3, -0.25) is 9.97 Å². The molecule has 0 radical (unpaired) electrons. The van der Waals surface area contributed by atoms with Crippen LogP contribution in [-0.4, -0.2) is 35.6 Å². The molecule has 0 amide bonds. The molecule has 1 aliphatic heterocycles. The van der Waals surface area contributed by atoms with Gasteiger partial charge in [-0.15, -0.1) is 0 Å². The Hall–Kier alpha value is -2.17. The largest absolute Gasteiger partial charge is 0.378 e. The van der Waals surface area contributed by atoms with Gasteiger partial charge < -0.3 is 9.80 Å². The second kappa shape index (κ2) is 5.68. The second-order valence-electron chi connectivity index (χ2n) is 5.70. The Morgan fingerprint density at radius 2 is 2.10 bits per heavy atom. The fourth-order valence-corrected chi connectivity index (χ4v) is 2.89. The van der Waals surface area contributed by atoms with Crippen molar-refractivity contribution < 1.29 is 0 Å². The van der Waals surface area contributed by atoms with E-state index in [-0.39, 0.29) is 0 Å². The smallest absolute Gasteiger partial charge is 0.147 e. The molecular formula is C16H21N5. The zero-order valence-electron chi connectivity index (χ0n) is 12.8. The monoisotopic (exact) mass is 283 g/mol. The van der Waals surface area contributed by atoms with Gasteiger partial charge in [0.05, 0.1) is 17.9 Å². The van der Waals surface area contributed by atoms with Crippen LogP contribution in [0, 0.1) is 6.92 Å². The van der Waals surface area contributed by atoms with E-state index in [0.717, 1.165) is 36.6 Å². The minimum absolute atomic E-state index is 0.292. The number of hydrogen-bond acceptors (Lipinski definition) is 5. The normalized spacial score (nSPS) is 18.0. The second-order valence-corrected chi connectivity index (χ2v) is 5.70. The number of hydrogen-bond donors (Lipinski definition) is 0. The molecule has 2 aromatic heterocycles. The van der Waals surface area contributed by atoms with Crippen molar-refractivity contribution in [3.05, 3.63) is 42.1 Å². The third-order valence-electron chi connectivity index (χ3n) is 3.91. The van der Waals surface area contributed by atoms with Crippen LogP contribution < -0.4 is 9.80 Å². The molecule has 3 rings (SSSR count). The van der Waals surface area contributed by atoms with Crippen molar-refractivity contribution in [1.82, 2.24) is 15.0 Å². The summed E-state index contributed by atoms with van der Waals surface area (Å²) >= 11 is 0. The molecule has 3 heterocycles. The van der Waals surface area contributed by atoms with Gasteiger partial charge in [-0.05, 0) is 31.9 Å². The van der Waals surface area contributed by atoms with E-state index in [9.17, 15) is 0 Å². The summed E-state index contributed by atoms with van der Waals surface area (Å²) in [6.07, 6.45) is 7.57. The third kappa shape index (κ3) is 2.82. The van der Waals surface area contributed by atoms with E-state index < -0.39 is 0 Å². The zero-order chi connectivity index (χ0) is 14.8. The van der Waals surface area contributed by atoms with Crippen molar-refractivity contribution in [3.8, 4) is 0 Å². The van der Waals surface area contributed by atoms with Crippen molar-refractivity contribution in [3.63, 3.8) is 0 Å². The molecule has 0 aliphatic carbocycles. The fraction of sp³-hybridized carbons (Fsp3) is 0.438. The van der Waals surface area contributed by atoms with Crippen molar-refractivity contribution in [1.29, 1.82) is 0 Å². The molecule has 1 atom stereocenters. The number of aryl methyl sites for hydroxylation is 1. The van der Waals surface area contributed by atoms with Crippen LogP contribution >= 0.6 is 0 Å². The number of aromatic nitrogens is 3. The molecule has 1 aliphatic rings. The minimum atomic E-state index is 0.292.